The molecule has 0 radical (unpaired) electrons. The molecule has 2 N–H and O–H groups in total. The minimum atomic E-state index is -0.960. The second-order valence-electron chi connectivity index (χ2n) is 8.97. The van der Waals surface area contributed by atoms with Crippen molar-refractivity contribution in [3.63, 3.8) is 0 Å². The number of benzene rings is 1. The van der Waals surface area contributed by atoms with E-state index in [2.05, 4.69) is 20.8 Å². The molecule has 126 valence electrons. The number of aliphatic hydroxyl groups is 2. The van der Waals surface area contributed by atoms with Crippen molar-refractivity contribution in [2.24, 2.45) is 11.3 Å². The Bertz CT molecular complexity index is 653. The van der Waals surface area contributed by atoms with E-state index < -0.39 is 5.60 Å². The molecule has 0 aliphatic heterocycles. The molecule has 0 heterocycles. The van der Waals surface area contributed by atoms with Gasteiger partial charge in [-0.15, -0.1) is 0 Å². The van der Waals surface area contributed by atoms with Gasteiger partial charge in [-0.05, 0) is 60.6 Å². The van der Waals surface area contributed by atoms with Crippen LogP contribution in [0.25, 0.3) is 0 Å². The van der Waals surface area contributed by atoms with Gasteiger partial charge in [-0.25, -0.2) is 0 Å². The monoisotopic (exact) mass is 316 g/mol. The molecule has 3 unspecified atom stereocenters. The lowest BCUT2D eigenvalue weighted by atomic mass is 9.49. The number of Topliss-reactive ketones (excluding diaryl/α,β-unsaturated/α-hetero) is 1. The highest BCUT2D eigenvalue weighted by Gasteiger charge is 2.54. The van der Waals surface area contributed by atoms with Crippen molar-refractivity contribution in [1.29, 1.82) is 0 Å². The van der Waals surface area contributed by atoms with Gasteiger partial charge in [0.1, 0.15) is 0 Å². The van der Waals surface area contributed by atoms with E-state index in [1.54, 1.807) is 13.8 Å². The zero-order valence-corrected chi connectivity index (χ0v) is 14.8. The summed E-state index contributed by atoms with van der Waals surface area (Å²) in [5.41, 5.74) is 1.32. The maximum absolute atomic E-state index is 12.8. The number of hydrogen-bond donors (Lipinski definition) is 2. The third-order valence-corrected chi connectivity index (χ3v) is 6.17. The zero-order chi connectivity index (χ0) is 17.2. The maximum Gasteiger partial charge on any atom is 0.163 e. The van der Waals surface area contributed by atoms with Crippen LogP contribution in [-0.2, 0) is 11.0 Å². The molecule has 2 aliphatic carbocycles. The Labute approximate surface area is 138 Å². The summed E-state index contributed by atoms with van der Waals surface area (Å²) in [5, 5.41) is 20.6. The molecule has 3 nitrogen and oxygen atoms in total. The molecule has 1 aromatic rings. The van der Waals surface area contributed by atoms with Crippen LogP contribution >= 0.6 is 0 Å². The number of carbonyl (C=O) groups is 1. The standard InChI is InChI=1S/C20H28O3/c1-18(2)10-13(21)11-20(5)15-7-6-12(19(3,4)23)8-14(15)16(22)9-17(18)20/h6-8,13,17,21,23H,9-11H2,1-5H3. The summed E-state index contributed by atoms with van der Waals surface area (Å²) in [6, 6.07) is 5.78. The fraction of sp³-hybridized carbons (Fsp3) is 0.650. The highest BCUT2D eigenvalue weighted by molar-refractivity contribution is 5.99. The van der Waals surface area contributed by atoms with Gasteiger partial charge in [-0.1, -0.05) is 32.9 Å². The van der Waals surface area contributed by atoms with Crippen LogP contribution in [0.2, 0.25) is 0 Å². The number of fused-ring (bicyclic) bond motifs is 3. The topological polar surface area (TPSA) is 57.5 Å². The molecule has 23 heavy (non-hydrogen) atoms. The Kier molecular flexibility index (Phi) is 3.55. The van der Waals surface area contributed by atoms with E-state index >= 15 is 0 Å². The predicted octanol–water partition coefficient (Wildman–Crippen LogP) is 3.56. The van der Waals surface area contributed by atoms with Gasteiger partial charge in [0.25, 0.3) is 0 Å². The van der Waals surface area contributed by atoms with E-state index in [1.807, 2.05) is 18.2 Å². The average molecular weight is 316 g/mol. The number of ketones is 1. The molecule has 0 bridgehead atoms. The number of rotatable bonds is 1. The maximum atomic E-state index is 12.8. The van der Waals surface area contributed by atoms with E-state index in [0.717, 1.165) is 23.1 Å². The minimum Gasteiger partial charge on any atom is -0.393 e. The van der Waals surface area contributed by atoms with Gasteiger partial charge in [-0.2, -0.15) is 0 Å². The summed E-state index contributed by atoms with van der Waals surface area (Å²) in [6.45, 7) is 10.0. The van der Waals surface area contributed by atoms with E-state index in [4.69, 9.17) is 0 Å². The molecule has 0 saturated heterocycles. The first-order valence-electron chi connectivity index (χ1n) is 8.54. The highest BCUT2D eigenvalue weighted by Crippen LogP contribution is 2.57. The SMILES string of the molecule is CC(C)(O)c1ccc2c(c1)C(=O)CC1C(C)(C)CC(O)CC21C. The average Bonchev–Trinajstić information content (AvgIpc) is 2.39. The van der Waals surface area contributed by atoms with E-state index in [0.29, 0.717) is 12.8 Å². The van der Waals surface area contributed by atoms with Crippen molar-refractivity contribution in [2.45, 2.75) is 71.0 Å². The molecule has 3 rings (SSSR count). The van der Waals surface area contributed by atoms with Crippen molar-refractivity contribution in [2.75, 3.05) is 0 Å². The number of hydrogen-bond acceptors (Lipinski definition) is 3. The van der Waals surface area contributed by atoms with E-state index in [1.165, 1.54) is 0 Å². The lowest BCUT2D eigenvalue weighted by molar-refractivity contribution is -0.0347. The molecule has 0 amide bonds. The molecule has 1 fully saturated rings. The molecule has 2 aliphatic rings. The Balaban J connectivity index is 2.17. The summed E-state index contributed by atoms with van der Waals surface area (Å²) >= 11 is 0. The van der Waals surface area contributed by atoms with Crippen LogP contribution < -0.4 is 0 Å². The number of carbonyl (C=O) groups excluding carboxylic acids is 1. The lowest BCUT2D eigenvalue weighted by Gasteiger charge is -2.55. The van der Waals surface area contributed by atoms with Gasteiger partial charge >= 0.3 is 0 Å². The Hall–Kier alpha value is -1.19. The Morgan fingerprint density at radius 1 is 1.17 bits per heavy atom. The third kappa shape index (κ3) is 2.54. The van der Waals surface area contributed by atoms with Crippen LogP contribution in [0.1, 0.15) is 75.4 Å². The van der Waals surface area contributed by atoms with Gasteiger partial charge in [0.05, 0.1) is 11.7 Å². The smallest absolute Gasteiger partial charge is 0.163 e. The molecule has 1 saturated carbocycles. The predicted molar refractivity (Wildman–Crippen MR) is 90.5 cm³/mol. The third-order valence-electron chi connectivity index (χ3n) is 6.17. The van der Waals surface area contributed by atoms with E-state index in [-0.39, 0.29) is 28.6 Å². The lowest BCUT2D eigenvalue weighted by Crippen LogP contribution is -2.53. The largest absolute Gasteiger partial charge is 0.393 e. The van der Waals surface area contributed by atoms with Crippen molar-refractivity contribution in [3.8, 4) is 0 Å². The second-order valence-corrected chi connectivity index (χ2v) is 8.97. The molecule has 1 aromatic carbocycles. The fourth-order valence-electron chi connectivity index (χ4n) is 5.06. The summed E-state index contributed by atoms with van der Waals surface area (Å²) in [5.74, 6) is 0.407. The van der Waals surface area contributed by atoms with Gasteiger partial charge < -0.3 is 10.2 Å². The first-order chi connectivity index (χ1) is 10.4. The van der Waals surface area contributed by atoms with Crippen LogP contribution in [0.4, 0.5) is 0 Å². The first kappa shape index (κ1) is 16.7. The van der Waals surface area contributed by atoms with Crippen LogP contribution in [0.3, 0.4) is 0 Å². The van der Waals surface area contributed by atoms with Crippen molar-refractivity contribution < 1.29 is 15.0 Å². The van der Waals surface area contributed by atoms with Crippen molar-refractivity contribution >= 4 is 5.78 Å². The number of aliphatic hydroxyl groups excluding tert-OH is 1. The normalized spacial score (nSPS) is 33.1. The van der Waals surface area contributed by atoms with Gasteiger partial charge in [0.15, 0.2) is 5.78 Å². The summed E-state index contributed by atoms with van der Waals surface area (Å²) in [4.78, 5) is 12.8. The fourth-order valence-corrected chi connectivity index (χ4v) is 5.06. The van der Waals surface area contributed by atoms with Crippen LogP contribution in [0.5, 0.6) is 0 Å². The van der Waals surface area contributed by atoms with Crippen LogP contribution in [0.15, 0.2) is 18.2 Å². The first-order valence-corrected chi connectivity index (χ1v) is 8.54. The van der Waals surface area contributed by atoms with Crippen molar-refractivity contribution in [3.05, 3.63) is 34.9 Å². The second kappa shape index (κ2) is 4.90. The quantitative estimate of drug-likeness (QED) is 0.833. The minimum absolute atomic E-state index is 0.0608. The molecule has 0 spiro atoms. The van der Waals surface area contributed by atoms with Gasteiger partial charge in [0.2, 0.25) is 0 Å². The summed E-state index contributed by atoms with van der Waals surface area (Å²) in [6.07, 6.45) is 1.64. The van der Waals surface area contributed by atoms with Crippen LogP contribution in [-0.4, -0.2) is 22.1 Å². The summed E-state index contributed by atoms with van der Waals surface area (Å²) in [7, 11) is 0. The molecular formula is C20H28O3. The summed E-state index contributed by atoms with van der Waals surface area (Å²) < 4.78 is 0. The van der Waals surface area contributed by atoms with Crippen molar-refractivity contribution in [1.82, 2.24) is 0 Å². The Morgan fingerprint density at radius 2 is 1.83 bits per heavy atom. The molecule has 0 aromatic heterocycles. The van der Waals surface area contributed by atoms with Gasteiger partial charge in [-0.3, -0.25) is 4.79 Å². The van der Waals surface area contributed by atoms with E-state index in [9.17, 15) is 15.0 Å². The zero-order valence-electron chi connectivity index (χ0n) is 14.8. The molecule has 3 atom stereocenters. The van der Waals surface area contributed by atoms with Crippen LogP contribution in [0, 0.1) is 11.3 Å². The molecular weight excluding hydrogens is 288 g/mol. The Morgan fingerprint density at radius 3 is 2.43 bits per heavy atom. The highest BCUT2D eigenvalue weighted by atomic mass is 16.3. The van der Waals surface area contributed by atoms with Gasteiger partial charge in [0, 0.05) is 12.0 Å². The molecule has 3 heteroatoms.